The van der Waals surface area contributed by atoms with Crippen molar-refractivity contribution in [2.45, 2.75) is 57.9 Å². The zero-order chi connectivity index (χ0) is 21.3. The highest BCUT2D eigenvalue weighted by Gasteiger charge is 2.19. The molecule has 1 aliphatic carbocycles. The first-order valence-corrected chi connectivity index (χ1v) is 10.7. The average molecular weight is 408 g/mol. The van der Waals surface area contributed by atoms with Crippen LogP contribution >= 0.6 is 0 Å². The van der Waals surface area contributed by atoms with Crippen LogP contribution in [0.25, 0.3) is 0 Å². The summed E-state index contributed by atoms with van der Waals surface area (Å²) in [6.07, 6.45) is 6.74. The Morgan fingerprint density at radius 3 is 2.27 bits per heavy atom. The van der Waals surface area contributed by atoms with E-state index in [9.17, 15) is 14.4 Å². The molecule has 158 valence electrons. The van der Waals surface area contributed by atoms with Crippen LogP contribution in [0.5, 0.6) is 0 Å². The monoisotopic (exact) mass is 407 g/mol. The maximum absolute atomic E-state index is 12.7. The Labute approximate surface area is 177 Å². The molecule has 6 heteroatoms. The van der Waals surface area contributed by atoms with Crippen molar-refractivity contribution in [3.63, 3.8) is 0 Å². The van der Waals surface area contributed by atoms with Gasteiger partial charge in [0.1, 0.15) is 0 Å². The van der Waals surface area contributed by atoms with E-state index in [4.69, 9.17) is 0 Å². The Bertz CT molecular complexity index is 887. The maximum Gasteiger partial charge on any atom is 0.255 e. The Balaban J connectivity index is 1.65. The molecule has 0 radical (unpaired) electrons. The molecule has 0 aliphatic heterocycles. The molecule has 1 aliphatic rings. The third-order valence-corrected chi connectivity index (χ3v) is 5.27. The summed E-state index contributed by atoms with van der Waals surface area (Å²) in [5.41, 5.74) is 2.04. The van der Waals surface area contributed by atoms with Gasteiger partial charge in [-0.25, -0.2) is 0 Å². The number of rotatable bonds is 7. The smallest absolute Gasteiger partial charge is 0.255 e. The number of carbonyl (C=O) groups excluding carboxylic acids is 3. The van der Waals surface area contributed by atoms with Crippen molar-refractivity contribution in [1.29, 1.82) is 0 Å². The number of anilines is 2. The second kappa shape index (κ2) is 10.6. The van der Waals surface area contributed by atoms with E-state index in [0.717, 1.165) is 32.1 Å². The van der Waals surface area contributed by atoms with E-state index < -0.39 is 0 Å². The lowest BCUT2D eigenvalue weighted by molar-refractivity contribution is -0.116. The minimum absolute atomic E-state index is 0.0485. The van der Waals surface area contributed by atoms with Crippen LogP contribution in [-0.4, -0.2) is 23.8 Å². The van der Waals surface area contributed by atoms with Crippen LogP contribution in [0.4, 0.5) is 11.4 Å². The van der Waals surface area contributed by atoms with Crippen molar-refractivity contribution < 1.29 is 14.4 Å². The van der Waals surface area contributed by atoms with E-state index >= 15 is 0 Å². The van der Waals surface area contributed by atoms with Gasteiger partial charge in [0.2, 0.25) is 5.91 Å². The molecule has 0 bridgehead atoms. The van der Waals surface area contributed by atoms with E-state index in [0.29, 0.717) is 28.9 Å². The van der Waals surface area contributed by atoms with Crippen LogP contribution in [0.1, 0.15) is 72.6 Å². The summed E-state index contributed by atoms with van der Waals surface area (Å²) in [5.74, 6) is -0.515. The molecular formula is C24H29N3O3. The molecule has 3 amide bonds. The van der Waals surface area contributed by atoms with E-state index in [2.05, 4.69) is 16.0 Å². The second-order valence-corrected chi connectivity index (χ2v) is 7.68. The van der Waals surface area contributed by atoms with Crippen molar-refractivity contribution in [3.05, 3.63) is 59.7 Å². The van der Waals surface area contributed by atoms with E-state index in [1.165, 1.54) is 6.42 Å². The predicted molar refractivity (Wildman–Crippen MR) is 119 cm³/mol. The zero-order valence-corrected chi connectivity index (χ0v) is 17.4. The van der Waals surface area contributed by atoms with Crippen LogP contribution in [0, 0.1) is 0 Å². The standard InChI is InChI=1S/C24H29N3O3/c1-2-8-22(28)25-19-15-13-17(14-16-19)23(29)27-21-12-7-6-11-20(21)24(30)26-18-9-4-3-5-10-18/h6-7,11-16,18H,2-5,8-10H2,1H3,(H,25,28)(H,26,30)(H,27,29). The van der Waals surface area contributed by atoms with Gasteiger partial charge in [-0.3, -0.25) is 14.4 Å². The summed E-state index contributed by atoms with van der Waals surface area (Å²) >= 11 is 0. The summed E-state index contributed by atoms with van der Waals surface area (Å²) in [4.78, 5) is 37.1. The van der Waals surface area contributed by atoms with Gasteiger partial charge in [-0.05, 0) is 55.7 Å². The molecule has 2 aromatic rings. The van der Waals surface area contributed by atoms with Crippen LogP contribution in [0.3, 0.4) is 0 Å². The molecule has 1 saturated carbocycles. The van der Waals surface area contributed by atoms with Gasteiger partial charge in [0.25, 0.3) is 11.8 Å². The molecular weight excluding hydrogens is 378 g/mol. The van der Waals surface area contributed by atoms with Crippen LogP contribution in [0.2, 0.25) is 0 Å². The summed E-state index contributed by atoms with van der Waals surface area (Å²) < 4.78 is 0. The summed E-state index contributed by atoms with van der Waals surface area (Å²) in [5, 5.41) is 8.73. The number of para-hydroxylation sites is 1. The highest BCUT2D eigenvalue weighted by molar-refractivity contribution is 6.09. The zero-order valence-electron chi connectivity index (χ0n) is 17.4. The predicted octanol–water partition coefficient (Wildman–Crippen LogP) is 4.74. The number of hydrogen-bond acceptors (Lipinski definition) is 3. The summed E-state index contributed by atoms with van der Waals surface area (Å²) in [6, 6.07) is 13.9. The average Bonchev–Trinajstić information content (AvgIpc) is 2.75. The molecule has 0 heterocycles. The fourth-order valence-corrected chi connectivity index (χ4v) is 3.65. The fraction of sp³-hybridized carbons (Fsp3) is 0.375. The van der Waals surface area contributed by atoms with Crippen LogP contribution < -0.4 is 16.0 Å². The maximum atomic E-state index is 12.7. The van der Waals surface area contributed by atoms with Crippen molar-refractivity contribution in [2.75, 3.05) is 10.6 Å². The lowest BCUT2D eigenvalue weighted by atomic mass is 9.95. The number of hydrogen-bond donors (Lipinski definition) is 3. The Morgan fingerprint density at radius 1 is 0.867 bits per heavy atom. The van der Waals surface area contributed by atoms with Gasteiger partial charge in [-0.15, -0.1) is 0 Å². The van der Waals surface area contributed by atoms with Crippen LogP contribution in [-0.2, 0) is 4.79 Å². The first kappa shape index (κ1) is 21.6. The highest BCUT2D eigenvalue weighted by Crippen LogP contribution is 2.21. The molecule has 3 N–H and O–H groups in total. The third-order valence-electron chi connectivity index (χ3n) is 5.27. The van der Waals surface area contributed by atoms with Gasteiger partial charge in [-0.2, -0.15) is 0 Å². The molecule has 3 rings (SSSR count). The van der Waals surface area contributed by atoms with E-state index in [1.54, 1.807) is 48.5 Å². The lowest BCUT2D eigenvalue weighted by Gasteiger charge is -2.23. The van der Waals surface area contributed by atoms with Gasteiger partial charge in [-0.1, -0.05) is 38.3 Å². The Hall–Kier alpha value is -3.15. The largest absolute Gasteiger partial charge is 0.349 e. The van der Waals surface area contributed by atoms with Crippen molar-refractivity contribution in [1.82, 2.24) is 5.32 Å². The normalized spacial score (nSPS) is 14.0. The lowest BCUT2D eigenvalue weighted by Crippen LogP contribution is -2.36. The van der Waals surface area contributed by atoms with Crippen molar-refractivity contribution >= 4 is 29.1 Å². The Morgan fingerprint density at radius 2 is 1.57 bits per heavy atom. The first-order chi connectivity index (χ1) is 14.6. The van der Waals surface area contributed by atoms with Crippen LogP contribution in [0.15, 0.2) is 48.5 Å². The van der Waals surface area contributed by atoms with Crippen molar-refractivity contribution in [2.24, 2.45) is 0 Å². The van der Waals surface area contributed by atoms with Gasteiger partial charge < -0.3 is 16.0 Å². The van der Waals surface area contributed by atoms with Gasteiger partial charge in [0.15, 0.2) is 0 Å². The van der Waals surface area contributed by atoms with E-state index in [1.807, 2.05) is 6.92 Å². The molecule has 30 heavy (non-hydrogen) atoms. The SMILES string of the molecule is CCCC(=O)Nc1ccc(C(=O)Nc2ccccc2C(=O)NC2CCCCC2)cc1. The fourth-order valence-electron chi connectivity index (χ4n) is 3.65. The minimum atomic E-state index is -0.306. The number of amides is 3. The summed E-state index contributed by atoms with van der Waals surface area (Å²) in [7, 11) is 0. The molecule has 0 aromatic heterocycles. The second-order valence-electron chi connectivity index (χ2n) is 7.68. The number of carbonyl (C=O) groups is 3. The van der Waals surface area contributed by atoms with Gasteiger partial charge in [0.05, 0.1) is 11.3 Å². The van der Waals surface area contributed by atoms with Gasteiger partial charge in [0, 0.05) is 23.7 Å². The molecule has 1 fully saturated rings. The minimum Gasteiger partial charge on any atom is -0.349 e. The highest BCUT2D eigenvalue weighted by atomic mass is 16.2. The first-order valence-electron chi connectivity index (χ1n) is 10.7. The van der Waals surface area contributed by atoms with Crippen molar-refractivity contribution in [3.8, 4) is 0 Å². The number of nitrogens with one attached hydrogen (secondary N) is 3. The summed E-state index contributed by atoms with van der Waals surface area (Å²) in [6.45, 7) is 1.94. The molecule has 0 atom stereocenters. The topological polar surface area (TPSA) is 87.3 Å². The Kier molecular flexibility index (Phi) is 7.60. The molecule has 2 aromatic carbocycles. The molecule has 0 spiro atoms. The van der Waals surface area contributed by atoms with Gasteiger partial charge >= 0.3 is 0 Å². The molecule has 0 saturated heterocycles. The molecule has 6 nitrogen and oxygen atoms in total. The quantitative estimate of drug-likeness (QED) is 0.619. The number of benzene rings is 2. The van der Waals surface area contributed by atoms with E-state index in [-0.39, 0.29) is 23.8 Å². The molecule has 0 unspecified atom stereocenters. The third kappa shape index (κ3) is 5.92.